The monoisotopic (exact) mass is 214 g/mol. The molecule has 0 bridgehead atoms. The molecule has 1 aromatic rings. The van der Waals surface area contributed by atoms with Crippen LogP contribution < -0.4 is 0 Å². The van der Waals surface area contributed by atoms with Crippen LogP contribution >= 0.6 is 15.9 Å². The summed E-state index contributed by atoms with van der Waals surface area (Å²) < 4.78 is 0.935. The lowest BCUT2D eigenvalue weighted by Crippen LogP contribution is -1.99. The third-order valence-corrected chi connectivity index (χ3v) is 1.67. The Morgan fingerprint density at radius 2 is 1.91 bits per heavy atom. The fraction of sp³-hybridized carbons (Fsp3) is 0.500. The van der Waals surface area contributed by atoms with Crippen molar-refractivity contribution >= 4 is 15.9 Å². The molecule has 0 spiro atoms. The van der Waals surface area contributed by atoms with Crippen LogP contribution in [0.5, 0.6) is 0 Å². The molecule has 60 valence electrons. The number of hydrogen-bond donors (Lipinski definition) is 0. The summed E-state index contributed by atoms with van der Waals surface area (Å²) >= 11 is 3.29. The molecule has 1 heterocycles. The molecular weight excluding hydrogens is 204 g/mol. The SMILES string of the molecule is CC(C)Cc1ncc(Br)cn1. The summed E-state index contributed by atoms with van der Waals surface area (Å²) in [7, 11) is 0. The lowest BCUT2D eigenvalue weighted by Gasteiger charge is -2.01. The molecule has 0 aliphatic carbocycles. The molecule has 0 atom stereocenters. The average molecular weight is 215 g/mol. The summed E-state index contributed by atoms with van der Waals surface area (Å²) in [6.45, 7) is 4.32. The Bertz CT molecular complexity index is 218. The maximum atomic E-state index is 4.16. The van der Waals surface area contributed by atoms with Crippen LogP contribution in [0.2, 0.25) is 0 Å². The molecule has 0 N–H and O–H groups in total. The predicted octanol–water partition coefficient (Wildman–Crippen LogP) is 2.44. The Morgan fingerprint density at radius 3 is 2.36 bits per heavy atom. The molecule has 0 saturated carbocycles. The van der Waals surface area contributed by atoms with Gasteiger partial charge in [-0.05, 0) is 21.8 Å². The molecule has 0 saturated heterocycles. The second-order valence-corrected chi connectivity index (χ2v) is 3.83. The molecule has 1 rings (SSSR count). The van der Waals surface area contributed by atoms with E-state index in [0.717, 1.165) is 16.7 Å². The molecule has 1 aromatic heterocycles. The van der Waals surface area contributed by atoms with E-state index in [4.69, 9.17) is 0 Å². The Hall–Kier alpha value is -0.440. The van der Waals surface area contributed by atoms with Crippen molar-refractivity contribution in [2.24, 2.45) is 5.92 Å². The van der Waals surface area contributed by atoms with Gasteiger partial charge in [-0.3, -0.25) is 0 Å². The summed E-state index contributed by atoms with van der Waals surface area (Å²) in [5.41, 5.74) is 0. The fourth-order valence-corrected chi connectivity index (χ4v) is 1.01. The molecule has 0 fully saturated rings. The zero-order valence-corrected chi connectivity index (χ0v) is 8.30. The smallest absolute Gasteiger partial charge is 0.128 e. The van der Waals surface area contributed by atoms with Crippen LogP contribution in [-0.4, -0.2) is 9.97 Å². The maximum absolute atomic E-state index is 4.16. The molecule has 0 amide bonds. The van der Waals surface area contributed by atoms with Crippen LogP contribution in [0.15, 0.2) is 16.9 Å². The number of nitrogens with zero attached hydrogens (tertiary/aromatic N) is 2. The third kappa shape index (κ3) is 2.97. The number of halogens is 1. The molecule has 3 heteroatoms. The molecule has 0 unspecified atom stereocenters. The molecule has 0 aliphatic heterocycles. The summed E-state index contributed by atoms with van der Waals surface area (Å²) in [6.07, 6.45) is 4.52. The zero-order valence-electron chi connectivity index (χ0n) is 6.71. The minimum atomic E-state index is 0.621. The largest absolute Gasteiger partial charge is 0.240 e. The van der Waals surface area contributed by atoms with Gasteiger partial charge in [-0.2, -0.15) is 0 Å². The Labute approximate surface area is 75.2 Å². The van der Waals surface area contributed by atoms with Crippen molar-refractivity contribution < 1.29 is 0 Å². The van der Waals surface area contributed by atoms with Crippen LogP contribution in [0, 0.1) is 5.92 Å². The van der Waals surface area contributed by atoms with E-state index in [2.05, 4.69) is 39.7 Å². The van der Waals surface area contributed by atoms with Crippen molar-refractivity contribution in [3.8, 4) is 0 Å². The minimum absolute atomic E-state index is 0.621. The van der Waals surface area contributed by atoms with Crippen LogP contribution in [0.4, 0.5) is 0 Å². The summed E-state index contributed by atoms with van der Waals surface area (Å²) in [6, 6.07) is 0. The molecule has 2 nitrogen and oxygen atoms in total. The lowest BCUT2D eigenvalue weighted by molar-refractivity contribution is 0.620. The first-order chi connectivity index (χ1) is 5.18. The first kappa shape index (κ1) is 8.65. The standard InChI is InChI=1S/C8H11BrN2/c1-6(2)3-8-10-4-7(9)5-11-8/h4-6H,3H2,1-2H3. The van der Waals surface area contributed by atoms with Crippen LogP contribution in [-0.2, 0) is 6.42 Å². The quantitative estimate of drug-likeness (QED) is 0.757. The van der Waals surface area contributed by atoms with E-state index in [0.29, 0.717) is 5.92 Å². The highest BCUT2D eigenvalue weighted by molar-refractivity contribution is 9.10. The zero-order chi connectivity index (χ0) is 8.27. The van der Waals surface area contributed by atoms with Crippen molar-refractivity contribution in [3.63, 3.8) is 0 Å². The Morgan fingerprint density at radius 1 is 1.36 bits per heavy atom. The van der Waals surface area contributed by atoms with Crippen LogP contribution in [0.25, 0.3) is 0 Å². The van der Waals surface area contributed by atoms with Gasteiger partial charge in [0.15, 0.2) is 0 Å². The summed E-state index contributed by atoms with van der Waals surface area (Å²) in [5, 5.41) is 0. The molecular formula is C8H11BrN2. The van der Waals surface area contributed by atoms with Crippen molar-refractivity contribution in [3.05, 3.63) is 22.7 Å². The number of hydrogen-bond acceptors (Lipinski definition) is 2. The second kappa shape index (κ2) is 3.81. The maximum Gasteiger partial charge on any atom is 0.128 e. The van der Waals surface area contributed by atoms with Crippen molar-refractivity contribution in [2.75, 3.05) is 0 Å². The topological polar surface area (TPSA) is 25.8 Å². The van der Waals surface area contributed by atoms with Gasteiger partial charge in [0.2, 0.25) is 0 Å². The van der Waals surface area contributed by atoms with Crippen LogP contribution in [0.3, 0.4) is 0 Å². The first-order valence-corrected chi connectivity index (χ1v) is 4.44. The Balaban J connectivity index is 2.66. The third-order valence-electron chi connectivity index (χ3n) is 1.26. The van der Waals surface area contributed by atoms with Crippen molar-refractivity contribution in [2.45, 2.75) is 20.3 Å². The van der Waals surface area contributed by atoms with Gasteiger partial charge in [0.25, 0.3) is 0 Å². The minimum Gasteiger partial charge on any atom is -0.240 e. The summed E-state index contributed by atoms with van der Waals surface area (Å²) in [4.78, 5) is 8.32. The fourth-order valence-electron chi connectivity index (χ4n) is 0.810. The molecule has 0 aliphatic rings. The average Bonchev–Trinajstić information content (AvgIpc) is 1.93. The van der Waals surface area contributed by atoms with Gasteiger partial charge in [-0.15, -0.1) is 0 Å². The van der Waals surface area contributed by atoms with E-state index >= 15 is 0 Å². The van der Waals surface area contributed by atoms with Gasteiger partial charge in [0, 0.05) is 18.8 Å². The number of aromatic nitrogens is 2. The van der Waals surface area contributed by atoms with E-state index in [9.17, 15) is 0 Å². The van der Waals surface area contributed by atoms with E-state index < -0.39 is 0 Å². The van der Waals surface area contributed by atoms with Gasteiger partial charge in [-0.25, -0.2) is 9.97 Å². The summed E-state index contributed by atoms with van der Waals surface area (Å²) in [5.74, 6) is 1.54. The second-order valence-electron chi connectivity index (χ2n) is 2.92. The van der Waals surface area contributed by atoms with Gasteiger partial charge in [0.1, 0.15) is 5.82 Å². The number of rotatable bonds is 2. The highest BCUT2D eigenvalue weighted by atomic mass is 79.9. The highest BCUT2D eigenvalue weighted by Crippen LogP contribution is 2.07. The van der Waals surface area contributed by atoms with E-state index in [-0.39, 0.29) is 0 Å². The Kier molecular flexibility index (Phi) is 3.00. The normalized spacial score (nSPS) is 10.5. The van der Waals surface area contributed by atoms with Crippen molar-refractivity contribution in [1.29, 1.82) is 0 Å². The van der Waals surface area contributed by atoms with Gasteiger partial charge >= 0.3 is 0 Å². The predicted molar refractivity (Wildman–Crippen MR) is 48.3 cm³/mol. The lowest BCUT2D eigenvalue weighted by atomic mass is 10.1. The molecule has 0 aromatic carbocycles. The van der Waals surface area contributed by atoms with E-state index in [1.807, 2.05) is 0 Å². The van der Waals surface area contributed by atoms with E-state index in [1.165, 1.54) is 0 Å². The van der Waals surface area contributed by atoms with Gasteiger partial charge in [0.05, 0.1) is 4.47 Å². The van der Waals surface area contributed by atoms with Crippen molar-refractivity contribution in [1.82, 2.24) is 9.97 Å². The molecule has 11 heavy (non-hydrogen) atoms. The highest BCUT2D eigenvalue weighted by Gasteiger charge is 1.99. The van der Waals surface area contributed by atoms with Gasteiger partial charge < -0.3 is 0 Å². The first-order valence-electron chi connectivity index (χ1n) is 3.65. The van der Waals surface area contributed by atoms with Crippen LogP contribution in [0.1, 0.15) is 19.7 Å². The van der Waals surface area contributed by atoms with E-state index in [1.54, 1.807) is 12.4 Å². The molecule has 0 radical (unpaired) electrons. The van der Waals surface area contributed by atoms with Gasteiger partial charge in [-0.1, -0.05) is 13.8 Å².